The average Bonchev–Trinajstić information content (AvgIpc) is 2.84. The molecule has 0 aliphatic carbocycles. The van der Waals surface area contributed by atoms with E-state index in [-0.39, 0.29) is 17.0 Å². The fourth-order valence-corrected chi connectivity index (χ4v) is 3.92. The third kappa shape index (κ3) is 6.04. The van der Waals surface area contributed by atoms with E-state index in [2.05, 4.69) is 20.1 Å². The second-order valence-electron chi connectivity index (χ2n) is 8.18. The van der Waals surface area contributed by atoms with Crippen LogP contribution in [0.4, 0.5) is 5.69 Å². The summed E-state index contributed by atoms with van der Waals surface area (Å²) >= 11 is 0. The van der Waals surface area contributed by atoms with E-state index >= 15 is 0 Å². The quantitative estimate of drug-likeness (QED) is 0.290. The Bertz CT molecular complexity index is 1530. The Kier molecular flexibility index (Phi) is 6.83. The molecule has 0 aliphatic heterocycles. The van der Waals surface area contributed by atoms with E-state index in [0.717, 1.165) is 17.4 Å². The third-order valence-electron chi connectivity index (χ3n) is 5.04. The van der Waals surface area contributed by atoms with Crippen molar-refractivity contribution in [2.45, 2.75) is 11.4 Å². The minimum absolute atomic E-state index is 0.228. The Morgan fingerprint density at radius 3 is 2.34 bits per heavy atom. The summed E-state index contributed by atoms with van der Waals surface area (Å²) in [7, 11) is 0.479. The van der Waals surface area contributed by atoms with Crippen LogP contribution in [0.2, 0.25) is 0 Å². The zero-order valence-corrected chi connectivity index (χ0v) is 20.3. The van der Waals surface area contributed by atoms with E-state index in [4.69, 9.17) is 0 Å². The molecule has 0 bridgehead atoms. The maximum Gasteiger partial charge on any atom is 0.267 e. The van der Waals surface area contributed by atoms with E-state index in [1.54, 1.807) is 36.9 Å². The van der Waals surface area contributed by atoms with Gasteiger partial charge in [0.25, 0.3) is 5.56 Å². The molecule has 0 saturated carbocycles. The number of sulfone groups is 1. The van der Waals surface area contributed by atoms with Crippen molar-refractivity contribution in [3.05, 3.63) is 89.0 Å². The van der Waals surface area contributed by atoms with Crippen molar-refractivity contribution >= 4 is 21.9 Å². The number of nitrogens with zero attached hydrogens (tertiary/aromatic N) is 6. The largest absolute Gasteiger partial charge is 0.369 e. The van der Waals surface area contributed by atoms with Gasteiger partial charge in [-0.2, -0.15) is 5.10 Å². The van der Waals surface area contributed by atoms with Crippen LogP contribution in [-0.2, 0) is 16.4 Å². The summed E-state index contributed by atoms with van der Waals surface area (Å²) in [6.07, 6.45) is 6.14. The van der Waals surface area contributed by atoms with Gasteiger partial charge in [-0.1, -0.05) is 30.3 Å². The van der Waals surface area contributed by atoms with Gasteiger partial charge in [-0.3, -0.25) is 4.79 Å². The Morgan fingerprint density at radius 1 is 0.971 bits per heavy atom. The van der Waals surface area contributed by atoms with Gasteiger partial charge in [0.05, 0.1) is 35.9 Å². The van der Waals surface area contributed by atoms with Crippen molar-refractivity contribution in [2.24, 2.45) is 4.99 Å². The lowest BCUT2D eigenvalue weighted by Crippen LogP contribution is -2.22. The van der Waals surface area contributed by atoms with Crippen LogP contribution in [0, 0.1) is 0 Å². The molecule has 0 N–H and O–H groups in total. The molecule has 178 valence electrons. The van der Waals surface area contributed by atoms with Crippen molar-refractivity contribution in [3.63, 3.8) is 0 Å². The first-order valence-electron chi connectivity index (χ1n) is 10.7. The summed E-state index contributed by atoms with van der Waals surface area (Å²) in [5, 5.41) is 4.48. The number of benzene rings is 2. The van der Waals surface area contributed by atoms with Crippen LogP contribution in [0.15, 0.2) is 87.7 Å². The molecule has 9 nitrogen and oxygen atoms in total. The highest BCUT2D eigenvalue weighted by Crippen LogP contribution is 2.20. The standard InChI is InChI=1S/C25H24N6O3S/c1-30(2)17-28-21-14-26-25(27-15-21)20-6-4-5-18(13-20)16-31-24(32)12-11-23(29-31)19-7-9-22(10-8-19)35(3,33)34/h4-15,17H,16H2,1-3H3/b28-17-. The van der Waals surface area contributed by atoms with Gasteiger partial charge in [-0.25, -0.2) is 28.1 Å². The van der Waals surface area contributed by atoms with Crippen molar-refractivity contribution < 1.29 is 8.42 Å². The fourth-order valence-electron chi connectivity index (χ4n) is 3.29. The van der Waals surface area contributed by atoms with Crippen LogP contribution >= 0.6 is 0 Å². The topological polar surface area (TPSA) is 110 Å². The first-order valence-corrected chi connectivity index (χ1v) is 12.6. The monoisotopic (exact) mass is 488 g/mol. The summed E-state index contributed by atoms with van der Waals surface area (Å²) in [6, 6.07) is 17.1. The van der Waals surface area contributed by atoms with Crippen LogP contribution in [0.1, 0.15) is 5.56 Å². The Labute approximate surface area is 203 Å². The van der Waals surface area contributed by atoms with Gasteiger partial charge in [0.2, 0.25) is 0 Å². The van der Waals surface area contributed by atoms with Crippen LogP contribution in [-0.4, -0.2) is 59.8 Å². The van der Waals surface area contributed by atoms with Gasteiger partial charge in [0, 0.05) is 37.5 Å². The van der Waals surface area contributed by atoms with Gasteiger partial charge in [0.1, 0.15) is 5.69 Å². The average molecular weight is 489 g/mol. The highest BCUT2D eigenvalue weighted by atomic mass is 32.2. The molecule has 0 spiro atoms. The molecule has 2 heterocycles. The molecule has 2 aromatic carbocycles. The molecular weight excluding hydrogens is 464 g/mol. The predicted molar refractivity (Wildman–Crippen MR) is 135 cm³/mol. The minimum Gasteiger partial charge on any atom is -0.369 e. The Morgan fingerprint density at radius 2 is 1.69 bits per heavy atom. The number of rotatable bonds is 7. The molecule has 10 heteroatoms. The highest BCUT2D eigenvalue weighted by molar-refractivity contribution is 7.90. The molecule has 0 radical (unpaired) electrons. The summed E-state index contributed by atoms with van der Waals surface area (Å²) in [5.41, 5.74) is 3.36. The van der Waals surface area contributed by atoms with E-state index < -0.39 is 9.84 Å². The van der Waals surface area contributed by atoms with E-state index in [1.807, 2.05) is 43.3 Å². The molecule has 4 aromatic rings. The number of hydrogen-bond acceptors (Lipinski definition) is 7. The van der Waals surface area contributed by atoms with E-state index in [1.165, 1.54) is 22.9 Å². The lowest BCUT2D eigenvalue weighted by Gasteiger charge is -2.09. The maximum atomic E-state index is 12.5. The normalized spacial score (nSPS) is 11.6. The molecule has 2 aromatic heterocycles. The number of hydrogen-bond donors (Lipinski definition) is 0. The van der Waals surface area contributed by atoms with Gasteiger partial charge in [0.15, 0.2) is 15.7 Å². The van der Waals surface area contributed by atoms with Crippen LogP contribution in [0.5, 0.6) is 0 Å². The van der Waals surface area contributed by atoms with Crippen LogP contribution in [0.25, 0.3) is 22.6 Å². The molecule has 0 atom stereocenters. The SMILES string of the molecule is CN(C)/C=N\c1cnc(-c2cccc(Cn3nc(-c4ccc(S(C)(=O)=O)cc4)ccc3=O)c2)nc1. The summed E-state index contributed by atoms with van der Waals surface area (Å²) < 4.78 is 24.8. The zero-order chi connectivity index (χ0) is 25.0. The Balaban J connectivity index is 1.57. The van der Waals surface area contributed by atoms with Crippen molar-refractivity contribution in [3.8, 4) is 22.6 Å². The molecule has 0 saturated heterocycles. The molecule has 35 heavy (non-hydrogen) atoms. The number of aromatic nitrogens is 4. The molecule has 0 aliphatic rings. The first kappa shape index (κ1) is 24.0. The smallest absolute Gasteiger partial charge is 0.267 e. The van der Waals surface area contributed by atoms with Gasteiger partial charge >= 0.3 is 0 Å². The van der Waals surface area contributed by atoms with Crippen LogP contribution in [0.3, 0.4) is 0 Å². The van der Waals surface area contributed by atoms with Crippen LogP contribution < -0.4 is 5.56 Å². The lowest BCUT2D eigenvalue weighted by atomic mass is 10.1. The highest BCUT2D eigenvalue weighted by Gasteiger charge is 2.10. The molecule has 0 fully saturated rings. The zero-order valence-electron chi connectivity index (χ0n) is 19.5. The molecule has 0 unspecified atom stereocenters. The van der Waals surface area contributed by atoms with Gasteiger partial charge < -0.3 is 4.90 Å². The van der Waals surface area contributed by atoms with Gasteiger partial charge in [-0.15, -0.1) is 0 Å². The fraction of sp³-hybridized carbons (Fsp3) is 0.160. The predicted octanol–water partition coefficient (Wildman–Crippen LogP) is 3.04. The second kappa shape index (κ2) is 9.98. The molecular formula is C25H24N6O3S. The molecule has 4 rings (SSSR count). The lowest BCUT2D eigenvalue weighted by molar-refractivity contribution is 0.602. The van der Waals surface area contributed by atoms with Crippen molar-refractivity contribution in [1.82, 2.24) is 24.6 Å². The number of aliphatic imine (C=N–C) groups is 1. The van der Waals surface area contributed by atoms with E-state index in [0.29, 0.717) is 22.8 Å². The van der Waals surface area contributed by atoms with Gasteiger partial charge in [-0.05, 0) is 29.8 Å². The second-order valence-corrected chi connectivity index (χ2v) is 10.2. The minimum atomic E-state index is -3.29. The van der Waals surface area contributed by atoms with Crippen molar-refractivity contribution in [1.29, 1.82) is 0 Å². The van der Waals surface area contributed by atoms with E-state index in [9.17, 15) is 13.2 Å². The maximum absolute atomic E-state index is 12.5. The first-order chi connectivity index (χ1) is 16.7. The summed E-state index contributed by atoms with van der Waals surface area (Å²) in [5.74, 6) is 0.552. The summed E-state index contributed by atoms with van der Waals surface area (Å²) in [6.45, 7) is 0.257. The third-order valence-corrected chi connectivity index (χ3v) is 6.17. The summed E-state index contributed by atoms with van der Waals surface area (Å²) in [4.78, 5) is 27.6. The molecule has 0 amide bonds. The van der Waals surface area contributed by atoms with Crippen molar-refractivity contribution in [2.75, 3.05) is 20.4 Å². The Hall–Kier alpha value is -4.18.